The summed E-state index contributed by atoms with van der Waals surface area (Å²) < 4.78 is 1.64. The van der Waals surface area contributed by atoms with Crippen molar-refractivity contribution >= 4 is 29.1 Å². The number of nitrogens with two attached hydrogens (primary N) is 1. The van der Waals surface area contributed by atoms with Crippen LogP contribution in [0.5, 0.6) is 0 Å². The van der Waals surface area contributed by atoms with Gasteiger partial charge in [-0.2, -0.15) is 5.10 Å². The van der Waals surface area contributed by atoms with Crippen LogP contribution in [0, 0.1) is 0 Å². The fourth-order valence-corrected chi connectivity index (χ4v) is 4.54. The Labute approximate surface area is 203 Å². The lowest BCUT2D eigenvalue weighted by atomic mass is 9.99. The van der Waals surface area contributed by atoms with Gasteiger partial charge < -0.3 is 21.3 Å². The van der Waals surface area contributed by atoms with E-state index in [-0.39, 0.29) is 29.5 Å². The lowest BCUT2D eigenvalue weighted by Crippen LogP contribution is -2.51. The molecule has 0 bridgehead atoms. The van der Waals surface area contributed by atoms with E-state index in [1.165, 1.54) is 18.4 Å². The first-order valence-corrected chi connectivity index (χ1v) is 12.0. The maximum atomic E-state index is 12.9. The molecule has 1 aromatic carbocycles. The maximum Gasteiger partial charge on any atom is 0.271 e. The number of anilines is 3. The van der Waals surface area contributed by atoms with Crippen molar-refractivity contribution in [2.24, 2.45) is 12.8 Å². The Morgan fingerprint density at radius 2 is 1.86 bits per heavy atom. The Kier molecular flexibility index (Phi) is 6.10. The smallest absolute Gasteiger partial charge is 0.271 e. The van der Waals surface area contributed by atoms with Gasteiger partial charge in [-0.1, -0.05) is 12.1 Å². The van der Waals surface area contributed by atoms with Crippen molar-refractivity contribution in [1.82, 2.24) is 25.1 Å². The van der Waals surface area contributed by atoms with Gasteiger partial charge in [-0.05, 0) is 56.2 Å². The van der Waals surface area contributed by atoms with Crippen LogP contribution in [0.2, 0.25) is 0 Å². The third-order valence-electron chi connectivity index (χ3n) is 6.69. The van der Waals surface area contributed by atoms with E-state index < -0.39 is 5.91 Å². The van der Waals surface area contributed by atoms with Gasteiger partial charge in [-0.15, -0.1) is 0 Å². The topological polar surface area (TPSA) is 131 Å². The fourth-order valence-electron chi connectivity index (χ4n) is 4.54. The van der Waals surface area contributed by atoms with Crippen molar-refractivity contribution in [3.63, 3.8) is 0 Å². The SMILES string of the molecule is C[C@H]1CC[C@H](NC(=O)c2ccc(C3CC3)cc2)CN1c1cnc(C(N)=O)c(Nc2cnn(C)c2)n1. The lowest BCUT2D eigenvalue weighted by Gasteiger charge is -2.39. The lowest BCUT2D eigenvalue weighted by molar-refractivity contribution is 0.0930. The number of carbonyl (C=O) groups is 2. The highest BCUT2D eigenvalue weighted by Gasteiger charge is 2.29. The van der Waals surface area contributed by atoms with Crippen molar-refractivity contribution in [2.75, 3.05) is 16.8 Å². The number of hydrogen-bond acceptors (Lipinski definition) is 7. The minimum atomic E-state index is -0.667. The zero-order valence-corrected chi connectivity index (χ0v) is 19.9. The van der Waals surface area contributed by atoms with Crippen molar-refractivity contribution in [2.45, 2.75) is 50.6 Å². The van der Waals surface area contributed by atoms with Gasteiger partial charge in [-0.25, -0.2) is 9.97 Å². The molecular formula is C25H30N8O2. The Hall–Kier alpha value is -3.95. The van der Waals surface area contributed by atoms with E-state index in [0.29, 0.717) is 29.5 Å². The molecule has 3 aromatic rings. The molecule has 10 heteroatoms. The van der Waals surface area contributed by atoms with Crippen LogP contribution < -0.4 is 21.3 Å². The molecule has 2 fully saturated rings. The first-order chi connectivity index (χ1) is 16.9. The van der Waals surface area contributed by atoms with Crippen molar-refractivity contribution in [3.05, 3.63) is 59.7 Å². The molecule has 2 atom stereocenters. The Bertz CT molecular complexity index is 1230. The summed E-state index contributed by atoms with van der Waals surface area (Å²) in [6.07, 6.45) is 9.20. The predicted molar refractivity (Wildman–Crippen MR) is 133 cm³/mol. The number of carbonyl (C=O) groups excluding carboxylic acids is 2. The predicted octanol–water partition coefficient (Wildman–Crippen LogP) is 2.72. The Balaban J connectivity index is 1.31. The molecular weight excluding hydrogens is 444 g/mol. The van der Waals surface area contributed by atoms with Crippen LogP contribution in [-0.4, -0.2) is 50.2 Å². The van der Waals surface area contributed by atoms with Gasteiger partial charge in [0.15, 0.2) is 11.5 Å². The molecule has 3 heterocycles. The molecule has 2 aromatic heterocycles. The number of nitrogens with one attached hydrogen (secondary N) is 2. The van der Waals surface area contributed by atoms with Crippen LogP contribution in [0.3, 0.4) is 0 Å². The Morgan fingerprint density at radius 1 is 1.09 bits per heavy atom. The van der Waals surface area contributed by atoms with Gasteiger partial charge in [0, 0.05) is 37.4 Å². The molecule has 10 nitrogen and oxygen atoms in total. The summed E-state index contributed by atoms with van der Waals surface area (Å²) in [7, 11) is 1.80. The van der Waals surface area contributed by atoms with Crippen molar-refractivity contribution in [1.29, 1.82) is 0 Å². The monoisotopic (exact) mass is 474 g/mol. The highest BCUT2D eigenvalue weighted by Crippen LogP contribution is 2.39. The minimum absolute atomic E-state index is 0.0332. The number of rotatable bonds is 7. The number of primary amides is 1. The normalized spacial score (nSPS) is 19.9. The van der Waals surface area contributed by atoms with Crippen LogP contribution >= 0.6 is 0 Å². The molecule has 1 saturated carbocycles. The number of aromatic nitrogens is 4. The molecule has 1 aliphatic heterocycles. The molecule has 1 aliphatic carbocycles. The number of piperidine rings is 1. The average molecular weight is 475 g/mol. The fraction of sp³-hybridized carbons (Fsp3) is 0.400. The van der Waals surface area contributed by atoms with Crippen LogP contribution in [0.15, 0.2) is 42.9 Å². The molecule has 4 N–H and O–H groups in total. The molecule has 0 radical (unpaired) electrons. The van der Waals surface area contributed by atoms with Gasteiger partial charge in [0.05, 0.1) is 18.1 Å². The number of benzene rings is 1. The maximum absolute atomic E-state index is 12.9. The third-order valence-corrected chi connectivity index (χ3v) is 6.69. The van der Waals surface area contributed by atoms with Crippen LogP contribution in [0.1, 0.15) is 64.9 Å². The number of aryl methyl sites for hydroxylation is 1. The second kappa shape index (κ2) is 9.36. The number of nitrogens with zero attached hydrogens (tertiary/aromatic N) is 5. The molecule has 0 spiro atoms. The zero-order chi connectivity index (χ0) is 24.5. The molecule has 1 saturated heterocycles. The standard InChI is InChI=1S/C25H30N8O2/c1-15-3-10-19(30-25(35)18-8-6-17(7-9-18)16-4-5-16)14-33(15)21-12-27-22(23(26)34)24(31-21)29-20-11-28-32(2)13-20/h6-9,11-13,15-16,19H,3-5,10,14H2,1-2H3,(H2,26,34)(H,29,31)(H,30,35)/t15-,19-/m0/s1. The highest BCUT2D eigenvalue weighted by atomic mass is 16.2. The minimum Gasteiger partial charge on any atom is -0.364 e. The van der Waals surface area contributed by atoms with E-state index in [0.717, 1.165) is 12.8 Å². The van der Waals surface area contributed by atoms with E-state index >= 15 is 0 Å². The van der Waals surface area contributed by atoms with Gasteiger partial charge in [0.2, 0.25) is 0 Å². The van der Waals surface area contributed by atoms with E-state index in [1.807, 2.05) is 12.1 Å². The first-order valence-electron chi connectivity index (χ1n) is 12.0. The largest absolute Gasteiger partial charge is 0.364 e. The van der Waals surface area contributed by atoms with Crippen LogP contribution in [0.25, 0.3) is 0 Å². The van der Waals surface area contributed by atoms with E-state index in [4.69, 9.17) is 5.73 Å². The molecule has 5 rings (SSSR count). The van der Waals surface area contributed by atoms with E-state index in [1.54, 1.807) is 30.3 Å². The quantitative estimate of drug-likeness (QED) is 0.480. The van der Waals surface area contributed by atoms with E-state index in [2.05, 4.69) is 49.7 Å². The van der Waals surface area contributed by atoms with Crippen LogP contribution in [0.4, 0.5) is 17.3 Å². The Morgan fingerprint density at radius 3 is 2.51 bits per heavy atom. The number of hydrogen-bond donors (Lipinski definition) is 3. The van der Waals surface area contributed by atoms with Crippen molar-refractivity contribution < 1.29 is 9.59 Å². The highest BCUT2D eigenvalue weighted by molar-refractivity contribution is 5.96. The second-order valence-corrected chi connectivity index (χ2v) is 9.46. The van der Waals surface area contributed by atoms with Gasteiger partial charge >= 0.3 is 0 Å². The summed E-state index contributed by atoms with van der Waals surface area (Å²) >= 11 is 0. The number of amides is 2. The van der Waals surface area contributed by atoms with Gasteiger partial charge in [0.25, 0.3) is 11.8 Å². The summed E-state index contributed by atoms with van der Waals surface area (Å²) in [6, 6.07) is 8.12. The summed E-state index contributed by atoms with van der Waals surface area (Å²) in [5.74, 6) is 0.819. The van der Waals surface area contributed by atoms with Crippen molar-refractivity contribution in [3.8, 4) is 0 Å². The van der Waals surface area contributed by atoms with E-state index in [9.17, 15) is 9.59 Å². The first kappa shape index (κ1) is 22.8. The summed E-state index contributed by atoms with van der Waals surface area (Å²) in [4.78, 5) is 35.9. The third kappa shape index (κ3) is 5.11. The summed E-state index contributed by atoms with van der Waals surface area (Å²) in [5, 5.41) is 10.4. The van der Waals surface area contributed by atoms with Gasteiger partial charge in [-0.3, -0.25) is 14.3 Å². The molecule has 0 unspecified atom stereocenters. The van der Waals surface area contributed by atoms with Crippen LogP contribution in [-0.2, 0) is 7.05 Å². The molecule has 182 valence electrons. The molecule has 35 heavy (non-hydrogen) atoms. The second-order valence-electron chi connectivity index (χ2n) is 9.46. The molecule has 2 aliphatic rings. The average Bonchev–Trinajstić information content (AvgIpc) is 3.62. The summed E-state index contributed by atoms with van der Waals surface area (Å²) in [6.45, 7) is 2.70. The summed E-state index contributed by atoms with van der Waals surface area (Å²) in [5.41, 5.74) is 8.24. The molecule has 2 amide bonds. The zero-order valence-electron chi connectivity index (χ0n) is 19.9. The van der Waals surface area contributed by atoms with Gasteiger partial charge in [0.1, 0.15) is 5.82 Å².